The largest absolute Gasteiger partial charge is 0.490 e. The lowest BCUT2D eigenvalue weighted by molar-refractivity contribution is -0.122. The van der Waals surface area contributed by atoms with Crippen molar-refractivity contribution in [3.05, 3.63) is 54.1 Å². The zero-order valence-electron chi connectivity index (χ0n) is 13.1. The zero-order chi connectivity index (χ0) is 16.7. The number of hydrogen-bond donors (Lipinski definition) is 1. The molecule has 118 valence electrons. The molecular formula is C18H18N2O3. The molecule has 0 unspecified atom stereocenters. The quantitative estimate of drug-likeness (QED) is 0.888. The Morgan fingerprint density at radius 3 is 2.65 bits per heavy atom. The van der Waals surface area contributed by atoms with Crippen molar-refractivity contribution < 1.29 is 14.3 Å². The minimum atomic E-state index is -0.706. The van der Waals surface area contributed by atoms with E-state index < -0.39 is 6.10 Å². The third-order valence-corrected chi connectivity index (χ3v) is 3.08. The number of nitrogens with zero attached hydrogens (tertiary/aromatic N) is 1. The first kappa shape index (κ1) is 16.4. The third-order valence-electron chi connectivity index (χ3n) is 3.08. The predicted molar refractivity (Wildman–Crippen MR) is 87.5 cm³/mol. The highest BCUT2D eigenvalue weighted by Gasteiger charge is 2.17. The number of anilines is 1. The number of nitriles is 1. The van der Waals surface area contributed by atoms with Gasteiger partial charge in [-0.1, -0.05) is 18.2 Å². The number of benzene rings is 2. The molecule has 1 atom stereocenters. The molecule has 0 saturated carbocycles. The van der Waals surface area contributed by atoms with Crippen molar-refractivity contribution >= 4 is 11.6 Å². The van der Waals surface area contributed by atoms with Crippen LogP contribution in [0.25, 0.3) is 0 Å². The van der Waals surface area contributed by atoms with Gasteiger partial charge in [0.05, 0.1) is 18.2 Å². The van der Waals surface area contributed by atoms with E-state index in [1.54, 1.807) is 43.3 Å². The number of hydrogen-bond acceptors (Lipinski definition) is 4. The Morgan fingerprint density at radius 1 is 1.22 bits per heavy atom. The molecule has 0 aromatic heterocycles. The average Bonchev–Trinajstić information content (AvgIpc) is 2.57. The lowest BCUT2D eigenvalue weighted by Crippen LogP contribution is -2.30. The van der Waals surface area contributed by atoms with Crippen LogP contribution in [0.3, 0.4) is 0 Å². The van der Waals surface area contributed by atoms with E-state index in [0.29, 0.717) is 29.4 Å². The van der Waals surface area contributed by atoms with Crippen LogP contribution in [-0.4, -0.2) is 18.6 Å². The SMILES string of the molecule is CCOc1ccccc1O[C@@H](C)C(=O)Nc1cccc(C#N)c1. The highest BCUT2D eigenvalue weighted by atomic mass is 16.5. The van der Waals surface area contributed by atoms with Crippen LogP contribution in [0, 0.1) is 11.3 Å². The van der Waals surface area contributed by atoms with Gasteiger partial charge in [-0.25, -0.2) is 0 Å². The maximum absolute atomic E-state index is 12.2. The summed E-state index contributed by atoms with van der Waals surface area (Å²) in [7, 11) is 0. The Balaban J connectivity index is 2.04. The van der Waals surface area contributed by atoms with E-state index in [1.807, 2.05) is 25.1 Å². The maximum Gasteiger partial charge on any atom is 0.265 e. The predicted octanol–water partition coefficient (Wildman–Crippen LogP) is 3.36. The fraction of sp³-hybridized carbons (Fsp3) is 0.222. The van der Waals surface area contributed by atoms with Crippen LogP contribution < -0.4 is 14.8 Å². The Kier molecular flexibility index (Phi) is 5.59. The maximum atomic E-state index is 12.2. The number of para-hydroxylation sites is 2. The van der Waals surface area contributed by atoms with Crippen molar-refractivity contribution in [3.8, 4) is 17.6 Å². The number of carbonyl (C=O) groups excluding carboxylic acids is 1. The van der Waals surface area contributed by atoms with Crippen LogP contribution in [-0.2, 0) is 4.79 Å². The van der Waals surface area contributed by atoms with Gasteiger partial charge in [0, 0.05) is 5.69 Å². The van der Waals surface area contributed by atoms with Gasteiger partial charge in [0.25, 0.3) is 5.91 Å². The van der Waals surface area contributed by atoms with Gasteiger partial charge in [-0.15, -0.1) is 0 Å². The minimum absolute atomic E-state index is 0.300. The Labute approximate surface area is 135 Å². The number of ether oxygens (including phenoxy) is 2. The lowest BCUT2D eigenvalue weighted by Gasteiger charge is -2.17. The van der Waals surface area contributed by atoms with E-state index in [2.05, 4.69) is 5.32 Å². The van der Waals surface area contributed by atoms with Gasteiger partial charge in [0.1, 0.15) is 0 Å². The normalized spacial score (nSPS) is 11.2. The van der Waals surface area contributed by atoms with E-state index >= 15 is 0 Å². The zero-order valence-corrected chi connectivity index (χ0v) is 13.1. The second-order valence-corrected chi connectivity index (χ2v) is 4.82. The second-order valence-electron chi connectivity index (χ2n) is 4.82. The van der Waals surface area contributed by atoms with Crippen LogP contribution in [0.1, 0.15) is 19.4 Å². The molecule has 2 aromatic rings. The molecule has 5 nitrogen and oxygen atoms in total. The molecule has 2 rings (SSSR count). The summed E-state index contributed by atoms with van der Waals surface area (Å²) in [5.74, 6) is 0.815. The summed E-state index contributed by atoms with van der Waals surface area (Å²) in [5.41, 5.74) is 1.04. The van der Waals surface area contributed by atoms with Crippen molar-refractivity contribution in [3.63, 3.8) is 0 Å². The molecule has 0 heterocycles. The molecule has 1 N–H and O–H groups in total. The van der Waals surface area contributed by atoms with E-state index in [9.17, 15) is 4.79 Å². The number of amides is 1. The molecule has 5 heteroatoms. The van der Waals surface area contributed by atoms with Gasteiger partial charge in [-0.05, 0) is 44.2 Å². The number of carbonyl (C=O) groups is 1. The van der Waals surface area contributed by atoms with Crippen molar-refractivity contribution in [2.75, 3.05) is 11.9 Å². The van der Waals surface area contributed by atoms with Gasteiger partial charge >= 0.3 is 0 Å². The molecule has 0 radical (unpaired) electrons. The van der Waals surface area contributed by atoms with E-state index in [1.165, 1.54) is 0 Å². The van der Waals surface area contributed by atoms with Crippen LogP contribution in [0.2, 0.25) is 0 Å². The average molecular weight is 310 g/mol. The lowest BCUT2D eigenvalue weighted by atomic mass is 10.2. The summed E-state index contributed by atoms with van der Waals surface area (Å²) in [6, 6.07) is 16.0. The molecule has 1 amide bonds. The van der Waals surface area contributed by atoms with Gasteiger partial charge < -0.3 is 14.8 Å². The number of rotatable bonds is 6. The van der Waals surface area contributed by atoms with Crippen molar-refractivity contribution in [2.45, 2.75) is 20.0 Å². The first-order valence-corrected chi connectivity index (χ1v) is 7.33. The Hall–Kier alpha value is -3.00. The second kappa shape index (κ2) is 7.85. The summed E-state index contributed by atoms with van der Waals surface area (Å²) in [6.45, 7) is 4.06. The summed E-state index contributed by atoms with van der Waals surface area (Å²) in [5, 5.41) is 11.6. The van der Waals surface area contributed by atoms with Crippen molar-refractivity contribution in [1.82, 2.24) is 0 Å². The molecule has 0 aliphatic rings. The fourth-order valence-electron chi connectivity index (χ4n) is 1.98. The summed E-state index contributed by atoms with van der Waals surface area (Å²) < 4.78 is 11.2. The Morgan fingerprint density at radius 2 is 1.96 bits per heavy atom. The van der Waals surface area contributed by atoms with Crippen LogP contribution in [0.5, 0.6) is 11.5 Å². The highest BCUT2D eigenvalue weighted by molar-refractivity contribution is 5.94. The fourth-order valence-corrected chi connectivity index (χ4v) is 1.98. The first-order chi connectivity index (χ1) is 11.1. The van der Waals surface area contributed by atoms with Crippen LogP contribution in [0.4, 0.5) is 5.69 Å². The minimum Gasteiger partial charge on any atom is -0.490 e. The molecule has 0 bridgehead atoms. The van der Waals surface area contributed by atoms with E-state index in [0.717, 1.165) is 0 Å². The van der Waals surface area contributed by atoms with Gasteiger partial charge in [-0.3, -0.25) is 4.79 Å². The van der Waals surface area contributed by atoms with E-state index in [-0.39, 0.29) is 5.91 Å². The molecule has 0 spiro atoms. The molecule has 0 saturated heterocycles. The van der Waals surface area contributed by atoms with Gasteiger partial charge in [0.15, 0.2) is 17.6 Å². The molecule has 0 aliphatic heterocycles. The highest BCUT2D eigenvalue weighted by Crippen LogP contribution is 2.27. The van der Waals surface area contributed by atoms with Crippen LogP contribution >= 0.6 is 0 Å². The van der Waals surface area contributed by atoms with Gasteiger partial charge in [0.2, 0.25) is 0 Å². The van der Waals surface area contributed by atoms with Crippen LogP contribution in [0.15, 0.2) is 48.5 Å². The topological polar surface area (TPSA) is 71.3 Å². The smallest absolute Gasteiger partial charge is 0.265 e. The monoisotopic (exact) mass is 310 g/mol. The number of nitrogens with one attached hydrogen (secondary N) is 1. The molecular weight excluding hydrogens is 292 g/mol. The summed E-state index contributed by atoms with van der Waals surface area (Å²) in [6.07, 6.45) is -0.706. The first-order valence-electron chi connectivity index (χ1n) is 7.33. The molecule has 23 heavy (non-hydrogen) atoms. The van der Waals surface area contributed by atoms with Crippen molar-refractivity contribution in [1.29, 1.82) is 5.26 Å². The summed E-state index contributed by atoms with van der Waals surface area (Å²) >= 11 is 0. The third kappa shape index (κ3) is 4.48. The molecule has 0 aliphatic carbocycles. The summed E-state index contributed by atoms with van der Waals surface area (Å²) in [4.78, 5) is 12.2. The molecule has 2 aromatic carbocycles. The van der Waals surface area contributed by atoms with Gasteiger partial charge in [-0.2, -0.15) is 5.26 Å². The standard InChI is InChI=1S/C18H18N2O3/c1-3-22-16-9-4-5-10-17(16)23-13(2)18(21)20-15-8-6-7-14(11-15)12-19/h4-11,13H,3H2,1-2H3,(H,20,21)/t13-/m0/s1. The van der Waals surface area contributed by atoms with E-state index in [4.69, 9.17) is 14.7 Å². The van der Waals surface area contributed by atoms with Crippen molar-refractivity contribution in [2.24, 2.45) is 0 Å². The molecule has 0 fully saturated rings. The Bertz CT molecular complexity index is 722.